The Kier molecular flexibility index (Phi) is 2.21. The Morgan fingerprint density at radius 1 is 1.71 bits per heavy atom. The summed E-state index contributed by atoms with van der Waals surface area (Å²) in [6.45, 7) is 6.08. The van der Waals surface area contributed by atoms with Crippen molar-refractivity contribution in [3.63, 3.8) is 0 Å². The molecule has 0 N–H and O–H groups in total. The van der Waals surface area contributed by atoms with Gasteiger partial charge in [0.2, 0.25) is 0 Å². The molecule has 0 aromatic carbocycles. The maximum Gasteiger partial charge on any atom is 0.262 e. The van der Waals surface area contributed by atoms with E-state index in [1.807, 2.05) is 13.0 Å². The van der Waals surface area contributed by atoms with Gasteiger partial charge in [-0.3, -0.25) is 9.36 Å². The van der Waals surface area contributed by atoms with Crippen molar-refractivity contribution in [2.75, 3.05) is 0 Å². The maximum absolute atomic E-state index is 11.8. The monoisotopic (exact) mass is 206 g/mol. The molecule has 0 amide bonds. The molecule has 14 heavy (non-hydrogen) atoms. The molecule has 2 rings (SSSR count). The van der Waals surface area contributed by atoms with Crippen molar-refractivity contribution in [3.05, 3.63) is 40.3 Å². The zero-order valence-electron chi connectivity index (χ0n) is 7.86. The van der Waals surface area contributed by atoms with Crippen LogP contribution in [0, 0.1) is 6.92 Å². The minimum Gasteiger partial charge on any atom is -0.295 e. The second kappa shape index (κ2) is 3.38. The van der Waals surface area contributed by atoms with Gasteiger partial charge in [0.1, 0.15) is 4.83 Å². The van der Waals surface area contributed by atoms with Crippen LogP contribution in [0.5, 0.6) is 0 Å². The number of aromatic nitrogens is 2. The maximum atomic E-state index is 11.8. The first-order valence-electron chi connectivity index (χ1n) is 4.29. The molecule has 2 heterocycles. The van der Waals surface area contributed by atoms with E-state index in [4.69, 9.17) is 0 Å². The van der Waals surface area contributed by atoms with Crippen molar-refractivity contribution in [2.24, 2.45) is 0 Å². The van der Waals surface area contributed by atoms with E-state index in [0.29, 0.717) is 11.9 Å². The fraction of sp³-hybridized carbons (Fsp3) is 0.200. The highest BCUT2D eigenvalue weighted by atomic mass is 32.1. The molecule has 3 nitrogen and oxygen atoms in total. The van der Waals surface area contributed by atoms with Gasteiger partial charge in [-0.15, -0.1) is 17.9 Å². The van der Waals surface area contributed by atoms with Gasteiger partial charge in [-0.05, 0) is 13.0 Å². The van der Waals surface area contributed by atoms with Gasteiger partial charge < -0.3 is 0 Å². The first kappa shape index (κ1) is 9.15. The number of nitrogens with zero attached hydrogens (tertiary/aromatic N) is 2. The standard InChI is InChI=1S/C10H10N2OS/c1-3-4-12-6-11-9-8(10(12)13)5-7(2)14-9/h3,5-6H,1,4H2,2H3. The Balaban J connectivity index is 2.74. The van der Waals surface area contributed by atoms with Crippen molar-refractivity contribution < 1.29 is 0 Å². The average molecular weight is 206 g/mol. The normalized spacial score (nSPS) is 10.6. The Morgan fingerprint density at radius 3 is 3.21 bits per heavy atom. The van der Waals surface area contributed by atoms with E-state index in [-0.39, 0.29) is 5.56 Å². The lowest BCUT2D eigenvalue weighted by Gasteiger charge is -1.99. The Labute approximate surface area is 85.3 Å². The van der Waals surface area contributed by atoms with Crippen molar-refractivity contribution in [1.29, 1.82) is 0 Å². The van der Waals surface area contributed by atoms with Crippen molar-refractivity contribution in [1.82, 2.24) is 9.55 Å². The molecule has 2 aromatic heterocycles. The van der Waals surface area contributed by atoms with E-state index in [1.54, 1.807) is 28.3 Å². The number of allylic oxidation sites excluding steroid dienone is 1. The molecule has 0 fully saturated rings. The van der Waals surface area contributed by atoms with E-state index < -0.39 is 0 Å². The van der Waals surface area contributed by atoms with Gasteiger partial charge in [0.25, 0.3) is 5.56 Å². The van der Waals surface area contributed by atoms with E-state index in [9.17, 15) is 4.79 Å². The summed E-state index contributed by atoms with van der Waals surface area (Å²) in [6, 6.07) is 1.88. The largest absolute Gasteiger partial charge is 0.295 e. The highest BCUT2D eigenvalue weighted by Crippen LogP contribution is 2.19. The molecule has 0 saturated heterocycles. The summed E-state index contributed by atoms with van der Waals surface area (Å²) in [5, 5.41) is 0.705. The van der Waals surface area contributed by atoms with E-state index in [1.165, 1.54) is 0 Å². The van der Waals surface area contributed by atoms with Crippen LogP contribution in [-0.4, -0.2) is 9.55 Å². The SMILES string of the molecule is C=CCn1cnc2sc(C)cc2c1=O. The number of aryl methyl sites for hydroxylation is 1. The Bertz CT molecular complexity index is 539. The van der Waals surface area contributed by atoms with Crippen LogP contribution >= 0.6 is 11.3 Å². The Hall–Kier alpha value is -1.42. The molecule has 72 valence electrons. The van der Waals surface area contributed by atoms with E-state index >= 15 is 0 Å². The number of hydrogen-bond acceptors (Lipinski definition) is 3. The number of fused-ring (bicyclic) bond motifs is 1. The van der Waals surface area contributed by atoms with Crippen molar-refractivity contribution in [3.8, 4) is 0 Å². The predicted octanol–water partition coefficient (Wildman–Crippen LogP) is 1.95. The average Bonchev–Trinajstić information content (AvgIpc) is 2.52. The summed E-state index contributed by atoms with van der Waals surface area (Å²) in [6.07, 6.45) is 3.26. The van der Waals surface area contributed by atoms with E-state index in [2.05, 4.69) is 11.6 Å². The molecular weight excluding hydrogens is 196 g/mol. The van der Waals surface area contributed by atoms with Crippen molar-refractivity contribution in [2.45, 2.75) is 13.5 Å². The quantitative estimate of drug-likeness (QED) is 0.704. The number of rotatable bonds is 2. The fourth-order valence-electron chi connectivity index (χ4n) is 1.35. The molecule has 0 aliphatic heterocycles. The highest BCUT2D eigenvalue weighted by Gasteiger charge is 2.05. The van der Waals surface area contributed by atoms with Gasteiger partial charge in [0.15, 0.2) is 0 Å². The van der Waals surface area contributed by atoms with Gasteiger partial charge >= 0.3 is 0 Å². The van der Waals surface area contributed by atoms with Crippen LogP contribution in [-0.2, 0) is 6.54 Å². The zero-order valence-corrected chi connectivity index (χ0v) is 8.67. The molecule has 0 radical (unpaired) electrons. The predicted molar refractivity (Wildman–Crippen MR) is 58.8 cm³/mol. The summed E-state index contributed by atoms with van der Waals surface area (Å²) >= 11 is 1.54. The third-order valence-electron chi connectivity index (χ3n) is 1.97. The first-order valence-corrected chi connectivity index (χ1v) is 5.10. The summed E-state index contributed by atoms with van der Waals surface area (Å²) in [4.78, 5) is 18.0. The van der Waals surface area contributed by atoms with Crippen LogP contribution in [0.15, 0.2) is 29.8 Å². The topological polar surface area (TPSA) is 34.9 Å². The molecule has 0 bridgehead atoms. The van der Waals surface area contributed by atoms with Crippen LogP contribution in [0.4, 0.5) is 0 Å². The van der Waals surface area contributed by atoms with Gasteiger partial charge in [0.05, 0.1) is 11.7 Å². The summed E-state index contributed by atoms with van der Waals surface area (Å²) in [5.41, 5.74) is 0.0132. The molecule has 0 aliphatic rings. The molecule has 0 unspecified atom stereocenters. The van der Waals surface area contributed by atoms with Crippen LogP contribution in [0.3, 0.4) is 0 Å². The number of thiophene rings is 1. The van der Waals surface area contributed by atoms with E-state index in [0.717, 1.165) is 9.71 Å². The number of hydrogen-bond donors (Lipinski definition) is 0. The van der Waals surface area contributed by atoms with Crippen LogP contribution in [0.25, 0.3) is 10.2 Å². The minimum absolute atomic E-state index is 0.0132. The first-order chi connectivity index (χ1) is 6.72. The van der Waals surface area contributed by atoms with Crippen LogP contribution < -0.4 is 5.56 Å². The second-order valence-electron chi connectivity index (χ2n) is 3.07. The zero-order chi connectivity index (χ0) is 10.1. The molecule has 0 atom stereocenters. The molecule has 2 aromatic rings. The van der Waals surface area contributed by atoms with Gasteiger partial charge in [-0.25, -0.2) is 4.98 Å². The van der Waals surface area contributed by atoms with Crippen molar-refractivity contribution >= 4 is 21.6 Å². The third kappa shape index (κ3) is 1.37. The van der Waals surface area contributed by atoms with Gasteiger partial charge in [-0.1, -0.05) is 6.08 Å². The lowest BCUT2D eigenvalue weighted by molar-refractivity contribution is 0.769. The lowest BCUT2D eigenvalue weighted by atomic mass is 10.4. The summed E-state index contributed by atoms with van der Waals surface area (Å²) in [5.74, 6) is 0. The highest BCUT2D eigenvalue weighted by molar-refractivity contribution is 7.18. The van der Waals surface area contributed by atoms with Crippen LogP contribution in [0.1, 0.15) is 4.88 Å². The molecule has 4 heteroatoms. The molecule has 0 aliphatic carbocycles. The van der Waals surface area contributed by atoms with Gasteiger partial charge in [0, 0.05) is 11.4 Å². The second-order valence-corrected chi connectivity index (χ2v) is 4.30. The fourth-order valence-corrected chi connectivity index (χ4v) is 2.19. The Morgan fingerprint density at radius 2 is 2.50 bits per heavy atom. The minimum atomic E-state index is 0.0132. The third-order valence-corrected chi connectivity index (χ3v) is 2.93. The summed E-state index contributed by atoms with van der Waals surface area (Å²) in [7, 11) is 0. The summed E-state index contributed by atoms with van der Waals surface area (Å²) < 4.78 is 1.56. The molecular formula is C10H10N2OS. The van der Waals surface area contributed by atoms with Gasteiger partial charge in [-0.2, -0.15) is 0 Å². The van der Waals surface area contributed by atoms with Crippen LogP contribution in [0.2, 0.25) is 0 Å². The lowest BCUT2D eigenvalue weighted by Crippen LogP contribution is -2.18. The molecule has 0 saturated carbocycles. The smallest absolute Gasteiger partial charge is 0.262 e. The molecule has 0 spiro atoms.